The summed E-state index contributed by atoms with van der Waals surface area (Å²) in [6.45, 7) is 0.416. The van der Waals surface area contributed by atoms with Crippen LogP contribution >= 0.6 is 27.5 Å². The van der Waals surface area contributed by atoms with Gasteiger partial charge in [-0.15, -0.1) is 0 Å². The molecule has 0 saturated heterocycles. The van der Waals surface area contributed by atoms with Gasteiger partial charge in [-0.05, 0) is 24.3 Å². The molecule has 1 N–H and O–H groups in total. The van der Waals surface area contributed by atoms with E-state index in [2.05, 4.69) is 32.4 Å². The second-order valence-corrected chi connectivity index (χ2v) is 6.83. The number of aryl methyl sites for hydroxylation is 1. The summed E-state index contributed by atoms with van der Waals surface area (Å²) in [4.78, 5) is 12.8. The Hall–Kier alpha value is -2.62. The summed E-state index contributed by atoms with van der Waals surface area (Å²) in [6.07, 6.45) is 1.97. The quantitative estimate of drug-likeness (QED) is 0.611. The van der Waals surface area contributed by atoms with Gasteiger partial charge in [-0.25, -0.2) is 0 Å². The fraction of sp³-hybridized carbons (Fsp3) is 0.105. The van der Waals surface area contributed by atoms with Crippen LogP contribution in [0.3, 0.4) is 0 Å². The van der Waals surface area contributed by atoms with E-state index in [0.29, 0.717) is 34.9 Å². The maximum Gasteiger partial charge on any atom is 0.259 e. The zero-order chi connectivity index (χ0) is 18.5. The molecule has 0 bridgehead atoms. The lowest BCUT2D eigenvalue weighted by molar-refractivity contribution is 0.102. The van der Waals surface area contributed by atoms with Crippen LogP contribution in [0.1, 0.15) is 16.8 Å². The van der Waals surface area contributed by atoms with Crippen molar-refractivity contribution in [2.75, 3.05) is 5.32 Å². The predicted octanol–water partition coefficient (Wildman–Crippen LogP) is 5.13. The Morgan fingerprint density at radius 1 is 1.23 bits per heavy atom. The van der Waals surface area contributed by atoms with Crippen molar-refractivity contribution in [2.24, 2.45) is 0 Å². The minimum Gasteiger partial charge on any atom is -0.321 e. The molecule has 0 aliphatic rings. The van der Waals surface area contributed by atoms with Crippen molar-refractivity contribution in [3.05, 3.63) is 69.8 Å². The number of nitrogens with zero attached hydrogens (tertiary/aromatic N) is 3. The molecule has 0 radical (unpaired) electrons. The molecule has 0 saturated carbocycles. The van der Waals surface area contributed by atoms with E-state index >= 15 is 0 Å². The lowest BCUT2D eigenvalue weighted by atomic mass is 10.1. The molecular formula is C19H14BrClN4O. The zero-order valence-corrected chi connectivity index (χ0v) is 16.0. The Morgan fingerprint density at radius 3 is 2.65 bits per heavy atom. The molecule has 0 atom stereocenters. The first kappa shape index (κ1) is 18.2. The molecule has 3 aromatic rings. The number of nitrogens with one attached hydrogen (secondary N) is 1. The number of anilines is 1. The van der Waals surface area contributed by atoms with Gasteiger partial charge in [0.05, 0.1) is 35.3 Å². The van der Waals surface area contributed by atoms with Gasteiger partial charge in [0, 0.05) is 16.2 Å². The number of para-hydroxylation sites is 1. The number of carbonyl (C=O) groups excluding carboxylic acids is 1. The third-order valence-corrected chi connectivity index (χ3v) is 4.56. The highest BCUT2D eigenvalue weighted by Crippen LogP contribution is 2.26. The molecule has 1 aromatic heterocycles. The molecular weight excluding hydrogens is 416 g/mol. The van der Waals surface area contributed by atoms with Gasteiger partial charge >= 0.3 is 0 Å². The monoisotopic (exact) mass is 428 g/mol. The van der Waals surface area contributed by atoms with Crippen molar-refractivity contribution >= 4 is 39.1 Å². The Kier molecular flexibility index (Phi) is 5.71. The third kappa shape index (κ3) is 4.13. The van der Waals surface area contributed by atoms with Crippen molar-refractivity contribution in [3.63, 3.8) is 0 Å². The fourth-order valence-electron chi connectivity index (χ4n) is 2.44. The van der Waals surface area contributed by atoms with Crippen LogP contribution in [0.15, 0.2) is 59.2 Å². The van der Waals surface area contributed by atoms with Crippen LogP contribution in [-0.4, -0.2) is 15.7 Å². The van der Waals surface area contributed by atoms with Crippen LogP contribution in [0.5, 0.6) is 0 Å². The van der Waals surface area contributed by atoms with Gasteiger partial charge in [0.1, 0.15) is 5.69 Å². The Morgan fingerprint density at radius 2 is 1.96 bits per heavy atom. The van der Waals surface area contributed by atoms with Gasteiger partial charge in [0.25, 0.3) is 5.91 Å². The number of aromatic nitrogens is 2. The van der Waals surface area contributed by atoms with E-state index in [0.717, 1.165) is 10.0 Å². The van der Waals surface area contributed by atoms with Gasteiger partial charge in [-0.2, -0.15) is 10.4 Å². The van der Waals surface area contributed by atoms with Crippen LogP contribution in [0.2, 0.25) is 5.02 Å². The lowest BCUT2D eigenvalue weighted by Gasteiger charge is -2.07. The molecule has 0 spiro atoms. The van der Waals surface area contributed by atoms with Crippen LogP contribution in [0.25, 0.3) is 11.3 Å². The molecule has 0 fully saturated rings. The van der Waals surface area contributed by atoms with E-state index in [1.165, 1.54) is 0 Å². The SMILES string of the molecule is N#CCCn1cc(C(=O)Nc2ccccc2Cl)c(-c2ccc(Br)cc2)n1. The summed E-state index contributed by atoms with van der Waals surface area (Å²) in [5.41, 5.74) is 2.32. The Labute approximate surface area is 164 Å². The zero-order valence-electron chi connectivity index (χ0n) is 13.6. The smallest absolute Gasteiger partial charge is 0.259 e. The average Bonchev–Trinajstić information content (AvgIpc) is 3.07. The van der Waals surface area contributed by atoms with E-state index in [1.54, 1.807) is 35.1 Å². The minimum absolute atomic E-state index is 0.306. The summed E-state index contributed by atoms with van der Waals surface area (Å²) in [6, 6.07) is 16.7. The van der Waals surface area contributed by atoms with E-state index in [1.807, 2.05) is 24.3 Å². The highest BCUT2D eigenvalue weighted by molar-refractivity contribution is 9.10. The molecule has 1 amide bonds. The van der Waals surface area contributed by atoms with E-state index in [-0.39, 0.29) is 5.91 Å². The fourth-order valence-corrected chi connectivity index (χ4v) is 2.89. The van der Waals surface area contributed by atoms with Crippen molar-refractivity contribution < 1.29 is 4.79 Å². The number of hydrogen-bond acceptors (Lipinski definition) is 3. The largest absolute Gasteiger partial charge is 0.321 e. The lowest BCUT2D eigenvalue weighted by Crippen LogP contribution is -2.12. The van der Waals surface area contributed by atoms with Crippen LogP contribution in [-0.2, 0) is 6.54 Å². The number of rotatable bonds is 5. The van der Waals surface area contributed by atoms with E-state index in [9.17, 15) is 4.79 Å². The molecule has 26 heavy (non-hydrogen) atoms. The van der Waals surface area contributed by atoms with Crippen molar-refractivity contribution in [2.45, 2.75) is 13.0 Å². The average molecular weight is 430 g/mol. The maximum atomic E-state index is 12.8. The van der Waals surface area contributed by atoms with Crippen LogP contribution in [0, 0.1) is 11.3 Å². The van der Waals surface area contributed by atoms with Gasteiger partial charge in [-0.1, -0.05) is 51.8 Å². The van der Waals surface area contributed by atoms with Crippen LogP contribution in [0.4, 0.5) is 5.69 Å². The second kappa shape index (κ2) is 8.17. The second-order valence-electron chi connectivity index (χ2n) is 5.50. The number of nitriles is 1. The summed E-state index contributed by atoms with van der Waals surface area (Å²) >= 11 is 9.53. The van der Waals surface area contributed by atoms with Crippen molar-refractivity contribution in [1.82, 2.24) is 9.78 Å². The predicted molar refractivity (Wildman–Crippen MR) is 105 cm³/mol. The molecule has 2 aromatic carbocycles. The third-order valence-electron chi connectivity index (χ3n) is 3.70. The molecule has 0 aliphatic carbocycles. The Bertz CT molecular complexity index is 976. The summed E-state index contributed by atoms with van der Waals surface area (Å²) in [7, 11) is 0. The van der Waals surface area contributed by atoms with Gasteiger partial charge < -0.3 is 5.32 Å². The van der Waals surface area contributed by atoms with Gasteiger partial charge in [0.15, 0.2) is 0 Å². The Balaban J connectivity index is 1.97. The number of carbonyl (C=O) groups is 1. The molecule has 0 unspecified atom stereocenters. The first-order valence-corrected chi connectivity index (χ1v) is 9.02. The molecule has 3 rings (SSSR count). The molecule has 1 heterocycles. The summed E-state index contributed by atoms with van der Waals surface area (Å²) in [5.74, 6) is -0.306. The summed E-state index contributed by atoms with van der Waals surface area (Å²) in [5, 5.41) is 16.6. The van der Waals surface area contributed by atoms with E-state index < -0.39 is 0 Å². The highest BCUT2D eigenvalue weighted by atomic mass is 79.9. The molecule has 7 heteroatoms. The minimum atomic E-state index is -0.306. The number of benzene rings is 2. The van der Waals surface area contributed by atoms with E-state index in [4.69, 9.17) is 16.9 Å². The summed E-state index contributed by atoms with van der Waals surface area (Å²) < 4.78 is 2.55. The molecule has 5 nitrogen and oxygen atoms in total. The normalized spacial score (nSPS) is 10.3. The van der Waals surface area contributed by atoms with Gasteiger partial charge in [0.2, 0.25) is 0 Å². The standard InChI is InChI=1S/C19H14BrClN4O/c20-14-8-6-13(7-9-14)18-15(12-25(24-18)11-3-10-22)19(26)23-17-5-2-1-4-16(17)21/h1-2,4-9,12H,3,11H2,(H,23,26). The maximum absolute atomic E-state index is 12.8. The van der Waals surface area contributed by atoms with Crippen LogP contribution < -0.4 is 5.32 Å². The molecule has 0 aliphatic heterocycles. The first-order chi connectivity index (χ1) is 12.6. The highest BCUT2D eigenvalue weighted by Gasteiger charge is 2.19. The number of hydrogen-bond donors (Lipinski definition) is 1. The number of amides is 1. The van der Waals surface area contributed by atoms with Crippen molar-refractivity contribution in [1.29, 1.82) is 5.26 Å². The first-order valence-electron chi connectivity index (χ1n) is 7.84. The molecule has 130 valence electrons. The van der Waals surface area contributed by atoms with Gasteiger partial charge in [-0.3, -0.25) is 9.48 Å². The topological polar surface area (TPSA) is 70.7 Å². The number of halogens is 2. The van der Waals surface area contributed by atoms with Crippen molar-refractivity contribution in [3.8, 4) is 17.3 Å².